The van der Waals surface area contributed by atoms with Crippen molar-refractivity contribution in [2.24, 2.45) is 11.1 Å². The Kier molecular flexibility index (Phi) is 5.60. The summed E-state index contributed by atoms with van der Waals surface area (Å²) >= 11 is 3.23. The molecule has 1 atom stereocenters. The van der Waals surface area contributed by atoms with Crippen LogP contribution in [-0.4, -0.2) is 16.4 Å². The van der Waals surface area contributed by atoms with Crippen LogP contribution >= 0.6 is 15.9 Å². The molecule has 1 aromatic rings. The van der Waals surface area contributed by atoms with Crippen molar-refractivity contribution in [3.63, 3.8) is 0 Å². The van der Waals surface area contributed by atoms with E-state index in [1.807, 2.05) is 13.8 Å². The highest BCUT2D eigenvalue weighted by Crippen LogP contribution is 2.27. The minimum atomic E-state index is -1.20. The molecular formula is C13H18BrN3O2. The van der Waals surface area contributed by atoms with Gasteiger partial charge in [-0.15, -0.1) is 4.91 Å². The van der Waals surface area contributed by atoms with Crippen molar-refractivity contribution in [2.45, 2.75) is 39.2 Å². The van der Waals surface area contributed by atoms with Crippen molar-refractivity contribution >= 4 is 27.5 Å². The number of hydrogen-bond donors (Lipinski definition) is 1. The van der Waals surface area contributed by atoms with Crippen molar-refractivity contribution in [3.8, 4) is 0 Å². The highest BCUT2D eigenvalue weighted by Gasteiger charge is 2.39. The third-order valence-corrected chi connectivity index (χ3v) is 3.35. The van der Waals surface area contributed by atoms with E-state index in [4.69, 9.17) is 0 Å². The molecule has 0 aliphatic carbocycles. The summed E-state index contributed by atoms with van der Waals surface area (Å²) in [6.45, 7) is 5.73. The molecular weight excluding hydrogens is 310 g/mol. The van der Waals surface area contributed by atoms with E-state index in [1.165, 1.54) is 0 Å². The van der Waals surface area contributed by atoms with E-state index < -0.39 is 5.54 Å². The van der Waals surface area contributed by atoms with Crippen LogP contribution < -0.4 is 5.32 Å². The van der Waals surface area contributed by atoms with Crippen molar-refractivity contribution in [2.75, 3.05) is 5.32 Å². The summed E-state index contributed by atoms with van der Waals surface area (Å²) in [4.78, 5) is 27.4. The number of nitroso groups, excluding NO2 is 1. The molecule has 0 aromatic carbocycles. The van der Waals surface area contributed by atoms with E-state index in [1.54, 1.807) is 25.3 Å². The number of aromatic nitrogens is 1. The van der Waals surface area contributed by atoms with Crippen molar-refractivity contribution in [3.05, 3.63) is 27.8 Å². The van der Waals surface area contributed by atoms with Gasteiger partial charge in [0.15, 0.2) is 5.54 Å². The molecule has 1 N–H and O–H groups in total. The second-order valence-corrected chi connectivity index (χ2v) is 5.71. The normalized spacial score (nSPS) is 13.9. The van der Waals surface area contributed by atoms with Crippen LogP contribution in [0.4, 0.5) is 5.69 Å². The number of pyridine rings is 1. The molecule has 19 heavy (non-hydrogen) atoms. The Morgan fingerprint density at radius 3 is 2.74 bits per heavy atom. The molecule has 0 saturated carbocycles. The third-order valence-electron chi connectivity index (χ3n) is 2.91. The molecule has 0 aliphatic rings. The molecule has 1 unspecified atom stereocenters. The summed E-state index contributed by atoms with van der Waals surface area (Å²) in [6.07, 6.45) is 2.39. The first-order valence-electron chi connectivity index (χ1n) is 6.21. The van der Waals surface area contributed by atoms with Gasteiger partial charge >= 0.3 is 0 Å². The lowest BCUT2D eigenvalue weighted by molar-refractivity contribution is -0.121. The number of hydrogen-bond acceptors (Lipinski definition) is 4. The zero-order chi connectivity index (χ0) is 14.5. The van der Waals surface area contributed by atoms with Crippen LogP contribution in [0.25, 0.3) is 0 Å². The van der Waals surface area contributed by atoms with Gasteiger partial charge in [-0.2, -0.15) is 0 Å². The lowest BCUT2D eigenvalue weighted by atomic mass is 9.86. The average molecular weight is 328 g/mol. The second kappa shape index (κ2) is 6.75. The van der Waals surface area contributed by atoms with E-state index in [0.717, 1.165) is 0 Å². The molecule has 1 aromatic heterocycles. The van der Waals surface area contributed by atoms with Gasteiger partial charge in [-0.1, -0.05) is 25.9 Å². The lowest BCUT2D eigenvalue weighted by Crippen LogP contribution is -2.41. The Balaban J connectivity index is 2.92. The van der Waals surface area contributed by atoms with Crippen molar-refractivity contribution in [1.82, 2.24) is 4.98 Å². The van der Waals surface area contributed by atoms with Gasteiger partial charge in [-0.3, -0.25) is 4.79 Å². The minimum absolute atomic E-state index is 0.215. The first-order valence-corrected chi connectivity index (χ1v) is 7.00. The summed E-state index contributed by atoms with van der Waals surface area (Å²) in [7, 11) is 0. The van der Waals surface area contributed by atoms with Gasteiger partial charge in [0.2, 0.25) is 0 Å². The van der Waals surface area contributed by atoms with Gasteiger partial charge < -0.3 is 5.32 Å². The summed E-state index contributed by atoms with van der Waals surface area (Å²) in [5, 5.41) is 5.84. The van der Waals surface area contributed by atoms with Gasteiger partial charge in [-0.05, 0) is 46.8 Å². The second-order valence-electron chi connectivity index (χ2n) is 4.90. The van der Waals surface area contributed by atoms with Gasteiger partial charge in [-0.25, -0.2) is 4.98 Å². The fourth-order valence-corrected chi connectivity index (χ4v) is 2.31. The maximum absolute atomic E-state index is 12.3. The fraction of sp³-hybridized carbons (Fsp3) is 0.538. The van der Waals surface area contributed by atoms with Gasteiger partial charge in [0, 0.05) is 11.9 Å². The summed E-state index contributed by atoms with van der Waals surface area (Å²) in [5.74, 6) is -0.149. The Morgan fingerprint density at radius 1 is 1.58 bits per heavy atom. The minimum Gasteiger partial charge on any atom is -0.324 e. The predicted octanol–water partition coefficient (Wildman–Crippen LogP) is 3.74. The van der Waals surface area contributed by atoms with E-state index in [9.17, 15) is 9.70 Å². The van der Waals surface area contributed by atoms with Crippen LogP contribution in [0.2, 0.25) is 0 Å². The zero-order valence-corrected chi connectivity index (χ0v) is 12.9. The molecule has 0 aliphatic heterocycles. The average Bonchev–Trinajstić information content (AvgIpc) is 2.35. The zero-order valence-electron chi connectivity index (χ0n) is 11.3. The number of anilines is 1. The molecule has 0 bridgehead atoms. The molecule has 0 spiro atoms. The van der Waals surface area contributed by atoms with Crippen LogP contribution in [0, 0.1) is 10.8 Å². The summed E-state index contributed by atoms with van der Waals surface area (Å²) in [6, 6.07) is 3.35. The molecule has 104 valence electrons. The van der Waals surface area contributed by atoms with Crippen LogP contribution in [0.1, 0.15) is 33.6 Å². The number of amides is 1. The maximum atomic E-state index is 12.3. The van der Waals surface area contributed by atoms with Crippen LogP contribution in [0.5, 0.6) is 0 Å². The van der Waals surface area contributed by atoms with Crippen LogP contribution in [0.3, 0.4) is 0 Å². The molecule has 1 amide bonds. The Labute approximate surface area is 121 Å². The van der Waals surface area contributed by atoms with Gasteiger partial charge in [0.1, 0.15) is 4.60 Å². The SMILES string of the molecule is CCC(CC(C)C)(N=O)C(=O)Nc1ccnc(Br)c1. The topological polar surface area (TPSA) is 71.4 Å². The molecule has 0 saturated heterocycles. The number of nitrogens with zero attached hydrogens (tertiary/aromatic N) is 2. The largest absolute Gasteiger partial charge is 0.324 e. The maximum Gasteiger partial charge on any atom is 0.255 e. The van der Waals surface area contributed by atoms with E-state index in [0.29, 0.717) is 23.1 Å². The Morgan fingerprint density at radius 2 is 2.26 bits per heavy atom. The van der Waals surface area contributed by atoms with Crippen molar-refractivity contribution < 1.29 is 4.79 Å². The van der Waals surface area contributed by atoms with Gasteiger partial charge in [0.25, 0.3) is 5.91 Å². The number of carbonyl (C=O) groups excluding carboxylic acids is 1. The molecule has 0 fully saturated rings. The fourth-order valence-electron chi connectivity index (χ4n) is 1.94. The predicted molar refractivity (Wildman–Crippen MR) is 78.8 cm³/mol. The molecule has 6 heteroatoms. The van der Waals surface area contributed by atoms with Crippen molar-refractivity contribution in [1.29, 1.82) is 0 Å². The first kappa shape index (κ1) is 15.8. The Bertz CT molecular complexity index is 465. The van der Waals surface area contributed by atoms with E-state index in [-0.39, 0.29) is 11.8 Å². The smallest absolute Gasteiger partial charge is 0.255 e. The van der Waals surface area contributed by atoms with Crippen LogP contribution in [-0.2, 0) is 4.79 Å². The molecule has 1 rings (SSSR count). The first-order chi connectivity index (χ1) is 8.93. The number of rotatable bonds is 6. The van der Waals surface area contributed by atoms with Gasteiger partial charge in [0.05, 0.1) is 0 Å². The number of halogens is 1. The monoisotopic (exact) mass is 327 g/mol. The standard InChI is InChI=1S/C13H18BrN3O2/c1-4-13(17-19,8-9(2)3)12(18)16-10-5-6-15-11(14)7-10/h5-7,9H,4,8H2,1-3H3,(H,15,16,18). The number of carbonyl (C=O) groups is 1. The third kappa shape index (κ3) is 4.09. The summed E-state index contributed by atoms with van der Waals surface area (Å²) in [5.41, 5.74) is -0.610. The highest BCUT2D eigenvalue weighted by molar-refractivity contribution is 9.10. The molecule has 1 heterocycles. The van der Waals surface area contributed by atoms with E-state index >= 15 is 0 Å². The van der Waals surface area contributed by atoms with E-state index in [2.05, 4.69) is 31.4 Å². The highest BCUT2D eigenvalue weighted by atomic mass is 79.9. The quantitative estimate of drug-likeness (QED) is 0.639. The van der Waals surface area contributed by atoms with Crippen LogP contribution in [0.15, 0.2) is 28.1 Å². The number of nitrogens with one attached hydrogen (secondary N) is 1. The molecule has 5 nitrogen and oxygen atoms in total. The Hall–Kier alpha value is -1.30. The summed E-state index contributed by atoms with van der Waals surface area (Å²) < 4.78 is 0.621. The molecule has 0 radical (unpaired) electrons. The lowest BCUT2D eigenvalue weighted by Gasteiger charge is -2.25.